The third-order valence-electron chi connectivity index (χ3n) is 2.82. The van der Waals surface area contributed by atoms with Crippen LogP contribution in [0.25, 0.3) is 11.0 Å². The highest BCUT2D eigenvalue weighted by molar-refractivity contribution is 6.36. The Kier molecular flexibility index (Phi) is 3.05. The molecule has 0 atom stereocenters. The van der Waals surface area contributed by atoms with Crippen molar-refractivity contribution < 1.29 is 9.21 Å². The molecular weight excluding hydrogens is 283 g/mol. The van der Waals surface area contributed by atoms with E-state index in [2.05, 4.69) is 0 Å². The summed E-state index contributed by atoms with van der Waals surface area (Å²) in [4.78, 5) is 12.4. The topological polar surface area (TPSA) is 30.2 Å². The summed E-state index contributed by atoms with van der Waals surface area (Å²) >= 11 is 11.9. The number of carbonyl (C=O) groups is 1. The highest BCUT2D eigenvalue weighted by atomic mass is 35.5. The first-order valence-electron chi connectivity index (χ1n) is 5.63. The Morgan fingerprint density at radius 1 is 1.00 bits per heavy atom. The lowest BCUT2D eigenvalue weighted by atomic mass is 10.1. The van der Waals surface area contributed by atoms with Crippen molar-refractivity contribution in [2.75, 3.05) is 0 Å². The molecule has 0 aliphatic rings. The Morgan fingerprint density at radius 3 is 2.58 bits per heavy atom. The number of furan rings is 1. The van der Waals surface area contributed by atoms with Crippen molar-refractivity contribution in [1.29, 1.82) is 0 Å². The van der Waals surface area contributed by atoms with E-state index in [1.165, 1.54) is 0 Å². The number of para-hydroxylation sites is 1. The van der Waals surface area contributed by atoms with Gasteiger partial charge < -0.3 is 4.42 Å². The summed E-state index contributed by atoms with van der Waals surface area (Å²) in [6.07, 6.45) is 0. The average molecular weight is 291 g/mol. The summed E-state index contributed by atoms with van der Waals surface area (Å²) in [5.74, 6) is -0.0194. The van der Waals surface area contributed by atoms with Gasteiger partial charge in [0.25, 0.3) is 0 Å². The van der Waals surface area contributed by atoms with Gasteiger partial charge in [0.15, 0.2) is 5.76 Å². The first kappa shape index (κ1) is 12.3. The molecule has 94 valence electrons. The molecule has 0 unspecified atom stereocenters. The number of hydrogen-bond acceptors (Lipinski definition) is 2. The fourth-order valence-electron chi connectivity index (χ4n) is 1.90. The maximum absolute atomic E-state index is 12.4. The molecule has 0 N–H and O–H groups in total. The van der Waals surface area contributed by atoms with Crippen LogP contribution in [0.5, 0.6) is 0 Å². The van der Waals surface area contributed by atoms with Crippen LogP contribution in [0.2, 0.25) is 10.0 Å². The SMILES string of the molecule is O=C(c1cc2ccccc2o1)c1cc(Cl)ccc1Cl. The minimum atomic E-state index is -0.274. The largest absolute Gasteiger partial charge is 0.453 e. The molecule has 0 saturated heterocycles. The zero-order valence-electron chi connectivity index (χ0n) is 9.69. The number of carbonyl (C=O) groups excluding carboxylic acids is 1. The van der Waals surface area contributed by atoms with Gasteiger partial charge in [-0.05, 0) is 30.3 Å². The van der Waals surface area contributed by atoms with Gasteiger partial charge in [0.2, 0.25) is 5.78 Å². The Morgan fingerprint density at radius 2 is 1.79 bits per heavy atom. The fraction of sp³-hybridized carbons (Fsp3) is 0. The van der Waals surface area contributed by atoms with Crippen molar-refractivity contribution in [3.05, 3.63) is 69.9 Å². The van der Waals surface area contributed by atoms with Crippen LogP contribution in [0.3, 0.4) is 0 Å². The molecule has 0 bridgehead atoms. The maximum atomic E-state index is 12.4. The third kappa shape index (κ3) is 2.25. The van der Waals surface area contributed by atoms with Gasteiger partial charge in [-0.3, -0.25) is 4.79 Å². The summed E-state index contributed by atoms with van der Waals surface area (Å²) in [6, 6.07) is 13.9. The van der Waals surface area contributed by atoms with Crippen molar-refractivity contribution in [2.45, 2.75) is 0 Å². The molecule has 0 fully saturated rings. The first-order chi connectivity index (χ1) is 9.15. The van der Waals surface area contributed by atoms with Crippen molar-refractivity contribution in [1.82, 2.24) is 0 Å². The van der Waals surface area contributed by atoms with Gasteiger partial charge in [-0.2, -0.15) is 0 Å². The van der Waals surface area contributed by atoms with Gasteiger partial charge >= 0.3 is 0 Å². The monoisotopic (exact) mass is 290 g/mol. The Labute approximate surface area is 119 Å². The van der Waals surface area contributed by atoms with E-state index in [0.717, 1.165) is 5.39 Å². The summed E-state index contributed by atoms with van der Waals surface area (Å²) in [5.41, 5.74) is 1.01. The zero-order chi connectivity index (χ0) is 13.4. The van der Waals surface area contributed by atoms with Crippen molar-refractivity contribution in [2.24, 2.45) is 0 Å². The molecule has 0 saturated carbocycles. The standard InChI is InChI=1S/C15H8Cl2O2/c16-10-5-6-12(17)11(8-10)15(18)14-7-9-3-1-2-4-13(9)19-14/h1-8H. The van der Waals surface area contributed by atoms with Crippen molar-refractivity contribution in [3.8, 4) is 0 Å². The molecule has 2 nitrogen and oxygen atoms in total. The van der Waals surface area contributed by atoms with Gasteiger partial charge in [-0.1, -0.05) is 41.4 Å². The lowest BCUT2D eigenvalue weighted by Gasteiger charge is -2.01. The summed E-state index contributed by atoms with van der Waals surface area (Å²) < 4.78 is 5.53. The molecule has 1 heterocycles. The van der Waals surface area contributed by atoms with Gasteiger partial charge in [-0.25, -0.2) is 0 Å². The number of halogens is 2. The van der Waals surface area contributed by atoms with Gasteiger partial charge in [-0.15, -0.1) is 0 Å². The number of ketones is 1. The summed E-state index contributed by atoms with van der Waals surface area (Å²) in [7, 11) is 0. The van der Waals surface area contributed by atoms with E-state index in [9.17, 15) is 4.79 Å². The molecule has 0 aliphatic heterocycles. The van der Waals surface area contributed by atoms with E-state index in [1.807, 2.05) is 24.3 Å². The second-order valence-electron chi connectivity index (χ2n) is 4.10. The van der Waals surface area contributed by atoms with E-state index in [0.29, 0.717) is 21.2 Å². The summed E-state index contributed by atoms with van der Waals surface area (Å²) in [5, 5.41) is 1.70. The number of hydrogen-bond donors (Lipinski definition) is 0. The minimum Gasteiger partial charge on any atom is -0.453 e. The number of fused-ring (bicyclic) bond motifs is 1. The normalized spacial score (nSPS) is 10.8. The molecule has 1 aromatic heterocycles. The summed E-state index contributed by atoms with van der Waals surface area (Å²) in [6.45, 7) is 0. The molecule has 3 rings (SSSR count). The molecule has 3 aromatic rings. The molecule has 0 spiro atoms. The molecule has 0 amide bonds. The predicted octanol–water partition coefficient (Wildman–Crippen LogP) is 4.97. The smallest absolute Gasteiger partial charge is 0.229 e. The lowest BCUT2D eigenvalue weighted by Crippen LogP contribution is -2.00. The van der Waals surface area contributed by atoms with Gasteiger partial charge in [0, 0.05) is 16.0 Å². The lowest BCUT2D eigenvalue weighted by molar-refractivity contribution is 0.101. The van der Waals surface area contributed by atoms with E-state index >= 15 is 0 Å². The molecule has 4 heteroatoms. The molecular formula is C15H8Cl2O2. The third-order valence-corrected chi connectivity index (χ3v) is 3.39. The van der Waals surface area contributed by atoms with Crippen LogP contribution in [-0.4, -0.2) is 5.78 Å². The second kappa shape index (κ2) is 4.72. The number of benzene rings is 2. The van der Waals surface area contributed by atoms with Crippen LogP contribution >= 0.6 is 23.2 Å². The minimum absolute atomic E-state index is 0.255. The zero-order valence-corrected chi connectivity index (χ0v) is 11.2. The van der Waals surface area contributed by atoms with Gasteiger partial charge in [0.1, 0.15) is 5.58 Å². The second-order valence-corrected chi connectivity index (χ2v) is 4.95. The molecule has 19 heavy (non-hydrogen) atoms. The highest BCUT2D eigenvalue weighted by Gasteiger charge is 2.17. The molecule has 0 radical (unpaired) electrons. The van der Waals surface area contributed by atoms with Crippen LogP contribution < -0.4 is 0 Å². The van der Waals surface area contributed by atoms with Crippen molar-refractivity contribution >= 4 is 40.0 Å². The average Bonchev–Trinajstić information content (AvgIpc) is 2.84. The van der Waals surface area contributed by atoms with Crippen LogP contribution in [0, 0.1) is 0 Å². The molecule has 2 aromatic carbocycles. The van der Waals surface area contributed by atoms with E-state index < -0.39 is 0 Å². The quantitative estimate of drug-likeness (QED) is 0.624. The van der Waals surface area contributed by atoms with E-state index in [-0.39, 0.29) is 11.5 Å². The Hall–Kier alpha value is -1.77. The maximum Gasteiger partial charge on any atom is 0.229 e. The van der Waals surface area contributed by atoms with E-state index in [4.69, 9.17) is 27.6 Å². The first-order valence-corrected chi connectivity index (χ1v) is 6.39. The highest BCUT2D eigenvalue weighted by Crippen LogP contribution is 2.26. The Balaban J connectivity index is 2.10. The predicted molar refractivity (Wildman–Crippen MR) is 76.1 cm³/mol. The van der Waals surface area contributed by atoms with Crippen LogP contribution in [0.15, 0.2) is 52.9 Å². The van der Waals surface area contributed by atoms with Crippen molar-refractivity contribution in [3.63, 3.8) is 0 Å². The molecule has 0 aliphatic carbocycles. The van der Waals surface area contributed by atoms with E-state index in [1.54, 1.807) is 24.3 Å². The van der Waals surface area contributed by atoms with Crippen LogP contribution in [-0.2, 0) is 0 Å². The number of rotatable bonds is 2. The van der Waals surface area contributed by atoms with Crippen LogP contribution in [0.1, 0.15) is 16.1 Å². The fourth-order valence-corrected chi connectivity index (χ4v) is 2.27. The Bertz CT molecular complexity index is 742. The van der Waals surface area contributed by atoms with Crippen LogP contribution in [0.4, 0.5) is 0 Å². The van der Waals surface area contributed by atoms with Gasteiger partial charge in [0.05, 0.1) is 5.02 Å².